The van der Waals surface area contributed by atoms with E-state index in [-0.39, 0.29) is 94.7 Å². The number of anilines is 1. The van der Waals surface area contributed by atoms with Crippen LogP contribution in [-0.2, 0) is 4.74 Å². The Kier molecular flexibility index (Phi) is 8.47. The number of alkyl halides is 1. The molecule has 4 aromatic rings. The first kappa shape index (κ1) is 33.8. The van der Waals surface area contributed by atoms with E-state index in [1.54, 1.807) is 6.07 Å². The lowest BCUT2D eigenvalue weighted by atomic mass is 9.90. The first-order valence-electron chi connectivity index (χ1n) is 17.2. The Bertz CT molecular complexity index is 2190. The van der Waals surface area contributed by atoms with Gasteiger partial charge in [-0.1, -0.05) is 12.0 Å². The molecule has 2 bridgehead atoms. The number of methoxy groups -OCH3 is 1. The van der Waals surface area contributed by atoms with E-state index in [0.717, 1.165) is 19.4 Å². The summed E-state index contributed by atoms with van der Waals surface area (Å²) in [6.45, 7) is 1.61. The molecule has 1 aromatic heterocycles. The minimum Gasteiger partial charge on any atom is -0.468 e. The van der Waals surface area contributed by atoms with Crippen LogP contribution in [0.2, 0.25) is 0 Å². The second-order valence-electron chi connectivity index (χ2n) is 14.0. The summed E-state index contributed by atoms with van der Waals surface area (Å²) in [7, 11) is 1.45. The number of terminal acetylenes is 1. The smallest absolute Gasteiger partial charge is 0.407 e. The molecule has 1 amide bonds. The number of halogens is 3. The number of hydrogen-bond acceptors (Lipinski definition) is 9. The maximum absolute atomic E-state index is 17.4. The van der Waals surface area contributed by atoms with Gasteiger partial charge >= 0.3 is 12.1 Å². The van der Waals surface area contributed by atoms with Crippen LogP contribution in [0.4, 0.5) is 23.8 Å². The number of rotatable bonds is 8. The van der Waals surface area contributed by atoms with Crippen LogP contribution < -0.4 is 14.4 Å². The number of fused-ring (bicyclic) bond motifs is 5. The fourth-order valence-electron chi connectivity index (χ4n) is 8.85. The van der Waals surface area contributed by atoms with Crippen LogP contribution in [0, 0.1) is 35.3 Å². The van der Waals surface area contributed by atoms with Crippen molar-refractivity contribution >= 4 is 33.6 Å². The monoisotopic (exact) mass is 712 g/mol. The van der Waals surface area contributed by atoms with E-state index < -0.39 is 29.4 Å². The Hall–Kier alpha value is -5.31. The van der Waals surface area contributed by atoms with Crippen molar-refractivity contribution in [2.24, 2.45) is 0 Å². The zero-order valence-corrected chi connectivity index (χ0v) is 28.4. The molecule has 52 heavy (non-hydrogen) atoms. The fraction of sp³-hybridized carbons (Fsp3) is 0.421. The molecule has 268 valence electrons. The van der Waals surface area contributed by atoms with Gasteiger partial charge in [-0.3, -0.25) is 9.80 Å². The van der Waals surface area contributed by atoms with Gasteiger partial charge in [0.15, 0.2) is 12.6 Å². The van der Waals surface area contributed by atoms with Crippen molar-refractivity contribution in [1.82, 2.24) is 19.8 Å². The normalized spacial score (nSPS) is 23.9. The van der Waals surface area contributed by atoms with Crippen molar-refractivity contribution in [1.29, 1.82) is 5.26 Å². The van der Waals surface area contributed by atoms with Crippen LogP contribution in [-0.4, -0.2) is 101 Å². The first-order valence-corrected chi connectivity index (χ1v) is 17.2. The molecule has 0 saturated carbocycles. The summed E-state index contributed by atoms with van der Waals surface area (Å²) in [4.78, 5) is 26.9. The van der Waals surface area contributed by atoms with Crippen molar-refractivity contribution in [3.05, 3.63) is 53.1 Å². The number of piperazine rings is 1. The Morgan fingerprint density at radius 2 is 1.92 bits per heavy atom. The molecule has 11 nitrogen and oxygen atoms in total. The predicted molar refractivity (Wildman–Crippen MR) is 185 cm³/mol. The molecule has 4 fully saturated rings. The summed E-state index contributed by atoms with van der Waals surface area (Å²) in [5.41, 5.74) is -0.954. The molecule has 4 aliphatic heterocycles. The number of nitrogens with zero attached hydrogens (tertiary/aromatic N) is 6. The highest BCUT2D eigenvalue weighted by Gasteiger charge is 2.49. The van der Waals surface area contributed by atoms with Gasteiger partial charge in [-0.05, 0) is 67.4 Å². The molecule has 0 radical (unpaired) electrons. The third-order valence-corrected chi connectivity index (χ3v) is 11.0. The van der Waals surface area contributed by atoms with Crippen molar-refractivity contribution < 1.29 is 37.3 Å². The summed E-state index contributed by atoms with van der Waals surface area (Å²) in [5.74, 6) is 1.35. The molecule has 1 N–H and O–H groups in total. The Morgan fingerprint density at radius 1 is 1.13 bits per heavy atom. The topological polar surface area (TPSA) is 124 Å². The standard InChI is InChI=1S/C38H35F3N6O5/c1-3-27-30(40)8-5-21-11-26(52-20-50-2)13-28(31(21)27)32-22(15-42)12-29-34(33(32)41)43-36(51-19-38-9-4-10-46(38)16-23(39)14-38)44-35(29)45-17-24-6-7-25(18-45)47(24)37(48)49/h1,5,8,11-13,23-25H,4,6-7,9-10,14,16-20H2,2H3,(H,48,49)/t23-,24-,25+,38+/m1/s1. The molecule has 4 atom stereocenters. The second-order valence-corrected chi connectivity index (χ2v) is 14.0. The van der Waals surface area contributed by atoms with Crippen LogP contribution in [0.3, 0.4) is 0 Å². The summed E-state index contributed by atoms with van der Waals surface area (Å²) in [5, 5.41) is 21.3. The highest BCUT2D eigenvalue weighted by Crippen LogP contribution is 2.44. The van der Waals surface area contributed by atoms with Gasteiger partial charge in [-0.2, -0.15) is 15.2 Å². The molecule has 4 aliphatic rings. The minimum atomic E-state index is -0.999. The zero-order chi connectivity index (χ0) is 36.3. The molecule has 4 saturated heterocycles. The summed E-state index contributed by atoms with van der Waals surface area (Å²) in [6.07, 6.45) is 7.05. The highest BCUT2D eigenvalue weighted by molar-refractivity contribution is 6.05. The zero-order valence-electron chi connectivity index (χ0n) is 28.4. The highest BCUT2D eigenvalue weighted by atomic mass is 19.1. The van der Waals surface area contributed by atoms with E-state index in [1.807, 2.05) is 4.90 Å². The number of carbonyl (C=O) groups is 1. The van der Waals surface area contributed by atoms with Crippen LogP contribution in [0.1, 0.15) is 43.2 Å². The lowest BCUT2D eigenvalue weighted by molar-refractivity contribution is 0.0512. The van der Waals surface area contributed by atoms with Gasteiger partial charge in [-0.15, -0.1) is 6.42 Å². The van der Waals surface area contributed by atoms with Crippen molar-refractivity contribution in [3.8, 4) is 41.3 Å². The number of nitriles is 1. The Morgan fingerprint density at radius 3 is 2.63 bits per heavy atom. The average molecular weight is 713 g/mol. The number of benzene rings is 3. The van der Waals surface area contributed by atoms with Gasteiger partial charge in [-0.25, -0.2) is 18.0 Å². The number of aromatic nitrogens is 2. The summed E-state index contributed by atoms with van der Waals surface area (Å²) in [6, 6.07) is 8.66. The second kappa shape index (κ2) is 13.0. The lowest BCUT2D eigenvalue weighted by Crippen LogP contribution is -2.55. The van der Waals surface area contributed by atoms with E-state index in [9.17, 15) is 19.6 Å². The van der Waals surface area contributed by atoms with Crippen LogP contribution in [0.15, 0.2) is 30.3 Å². The van der Waals surface area contributed by atoms with Gasteiger partial charge in [0.1, 0.15) is 35.7 Å². The molecule has 0 spiro atoms. The molecular weight excluding hydrogens is 677 g/mol. The van der Waals surface area contributed by atoms with Gasteiger partial charge in [0, 0.05) is 49.5 Å². The van der Waals surface area contributed by atoms with Crippen molar-refractivity contribution in [2.75, 3.05) is 51.6 Å². The van der Waals surface area contributed by atoms with Crippen LogP contribution >= 0.6 is 0 Å². The molecular formula is C38H35F3N6O5. The number of carboxylic acid groups (broad SMARTS) is 1. The lowest BCUT2D eigenvalue weighted by Gasteiger charge is -2.40. The molecule has 5 heterocycles. The first-order chi connectivity index (χ1) is 25.1. The van der Waals surface area contributed by atoms with E-state index in [4.69, 9.17) is 25.6 Å². The molecule has 0 aliphatic carbocycles. The maximum Gasteiger partial charge on any atom is 0.407 e. The fourth-order valence-corrected chi connectivity index (χ4v) is 8.85. The van der Waals surface area contributed by atoms with E-state index in [2.05, 4.69) is 21.9 Å². The van der Waals surface area contributed by atoms with Gasteiger partial charge < -0.3 is 24.2 Å². The number of hydrogen-bond donors (Lipinski definition) is 1. The summed E-state index contributed by atoms with van der Waals surface area (Å²) < 4.78 is 64.3. The molecule has 0 unspecified atom stereocenters. The third-order valence-electron chi connectivity index (χ3n) is 11.0. The van der Waals surface area contributed by atoms with Crippen molar-refractivity contribution in [2.45, 2.75) is 55.9 Å². The SMILES string of the molecule is C#Cc1c(F)ccc2cc(OCOC)cc(-c3c(C#N)cc4c(N5C[C@H]6CC[C@@H](C5)N6C(=O)O)nc(OC[C@@]56CCCN5C[C@H](F)C6)nc4c3F)c12. The molecule has 8 rings (SSSR count). The maximum atomic E-state index is 17.4. The van der Waals surface area contributed by atoms with Crippen LogP contribution in [0.25, 0.3) is 32.8 Å². The van der Waals surface area contributed by atoms with E-state index in [1.165, 1.54) is 36.3 Å². The van der Waals surface area contributed by atoms with Gasteiger partial charge in [0.25, 0.3) is 0 Å². The largest absolute Gasteiger partial charge is 0.468 e. The van der Waals surface area contributed by atoms with E-state index in [0.29, 0.717) is 31.2 Å². The third kappa shape index (κ3) is 5.49. The quantitative estimate of drug-likeness (QED) is 0.176. The van der Waals surface area contributed by atoms with Crippen LogP contribution in [0.5, 0.6) is 11.8 Å². The molecule has 3 aromatic carbocycles. The van der Waals surface area contributed by atoms with E-state index >= 15 is 8.78 Å². The average Bonchev–Trinajstić information content (AvgIpc) is 3.76. The minimum absolute atomic E-state index is 0.0893. The van der Waals surface area contributed by atoms with Gasteiger partial charge in [0.2, 0.25) is 0 Å². The Labute approximate surface area is 297 Å². The van der Waals surface area contributed by atoms with Crippen molar-refractivity contribution in [3.63, 3.8) is 0 Å². The van der Waals surface area contributed by atoms with Gasteiger partial charge in [0.05, 0.1) is 34.8 Å². The predicted octanol–water partition coefficient (Wildman–Crippen LogP) is 5.85. The number of ether oxygens (including phenoxy) is 3. The number of amides is 1. The Balaban J connectivity index is 1.32. The summed E-state index contributed by atoms with van der Waals surface area (Å²) >= 11 is 0. The molecule has 14 heteroatoms.